The van der Waals surface area contributed by atoms with E-state index in [9.17, 15) is 13.2 Å². The number of pyridine rings is 1. The van der Waals surface area contributed by atoms with E-state index in [2.05, 4.69) is 9.71 Å². The lowest BCUT2D eigenvalue weighted by atomic mass is 10.2. The van der Waals surface area contributed by atoms with Gasteiger partial charge in [-0.15, -0.1) is 11.3 Å². The van der Waals surface area contributed by atoms with Crippen LogP contribution >= 0.6 is 11.3 Å². The van der Waals surface area contributed by atoms with Crippen molar-refractivity contribution in [3.63, 3.8) is 0 Å². The molecule has 3 rings (SSSR count). The van der Waals surface area contributed by atoms with Gasteiger partial charge in [0.25, 0.3) is 10.0 Å². The van der Waals surface area contributed by atoms with E-state index in [1.165, 1.54) is 5.38 Å². The number of benzene rings is 1. The zero-order valence-corrected chi connectivity index (χ0v) is 15.0. The van der Waals surface area contributed by atoms with Gasteiger partial charge in [-0.2, -0.15) is 0 Å². The molecule has 6 nitrogen and oxygen atoms in total. The summed E-state index contributed by atoms with van der Waals surface area (Å²) < 4.78 is 27.2. The van der Waals surface area contributed by atoms with Crippen LogP contribution in [0.2, 0.25) is 0 Å². The largest absolute Gasteiger partial charge is 0.478 e. The summed E-state index contributed by atoms with van der Waals surface area (Å²) in [6, 6.07) is 13.6. The Morgan fingerprint density at radius 2 is 1.96 bits per heavy atom. The zero-order chi connectivity index (χ0) is 18.6. The molecule has 2 heterocycles. The number of thiophene rings is 1. The molecule has 0 aliphatic rings. The Morgan fingerprint density at radius 3 is 2.65 bits per heavy atom. The summed E-state index contributed by atoms with van der Waals surface area (Å²) in [7, 11) is -3.84. The molecule has 0 fully saturated rings. The van der Waals surface area contributed by atoms with E-state index in [1.54, 1.807) is 24.4 Å². The Hall–Kier alpha value is -2.97. The summed E-state index contributed by atoms with van der Waals surface area (Å²) in [5.74, 6) is -1.16. The van der Waals surface area contributed by atoms with Gasteiger partial charge in [-0.1, -0.05) is 24.3 Å². The van der Waals surface area contributed by atoms with Gasteiger partial charge in [0.1, 0.15) is 4.21 Å². The van der Waals surface area contributed by atoms with Gasteiger partial charge < -0.3 is 5.11 Å². The Balaban J connectivity index is 1.79. The van der Waals surface area contributed by atoms with Gasteiger partial charge in [-0.25, -0.2) is 13.2 Å². The molecule has 0 bridgehead atoms. The molecule has 0 aliphatic heterocycles. The molecule has 0 saturated carbocycles. The number of hydrogen-bond donors (Lipinski definition) is 2. The zero-order valence-electron chi connectivity index (χ0n) is 13.4. The molecule has 8 heteroatoms. The monoisotopic (exact) mass is 386 g/mol. The predicted molar refractivity (Wildman–Crippen MR) is 102 cm³/mol. The van der Waals surface area contributed by atoms with Crippen LogP contribution in [0.15, 0.2) is 64.3 Å². The van der Waals surface area contributed by atoms with Crippen LogP contribution in [-0.4, -0.2) is 24.5 Å². The first-order valence-corrected chi connectivity index (χ1v) is 9.84. The molecule has 0 spiro atoms. The highest BCUT2D eigenvalue weighted by atomic mass is 32.2. The molecule has 0 atom stereocenters. The third-order valence-electron chi connectivity index (χ3n) is 3.36. The number of aromatic nitrogens is 1. The molecule has 2 N–H and O–H groups in total. The maximum atomic E-state index is 12.4. The minimum Gasteiger partial charge on any atom is -0.478 e. The summed E-state index contributed by atoms with van der Waals surface area (Å²) in [4.78, 5) is 15.1. The van der Waals surface area contributed by atoms with Crippen molar-refractivity contribution in [1.29, 1.82) is 0 Å². The number of rotatable bonds is 6. The minimum atomic E-state index is -3.84. The first-order chi connectivity index (χ1) is 12.4. The van der Waals surface area contributed by atoms with Crippen molar-refractivity contribution in [3.05, 3.63) is 76.9 Å². The van der Waals surface area contributed by atoms with Crippen molar-refractivity contribution < 1.29 is 18.3 Å². The van der Waals surface area contributed by atoms with E-state index in [0.29, 0.717) is 5.69 Å². The van der Waals surface area contributed by atoms with Crippen molar-refractivity contribution >= 4 is 45.2 Å². The van der Waals surface area contributed by atoms with Crippen molar-refractivity contribution in [2.24, 2.45) is 0 Å². The molecular formula is C18H14N2O4S2. The number of aromatic carboxylic acids is 1. The van der Waals surface area contributed by atoms with Gasteiger partial charge >= 0.3 is 5.97 Å². The maximum absolute atomic E-state index is 12.4. The van der Waals surface area contributed by atoms with Crippen LogP contribution in [0.25, 0.3) is 12.2 Å². The second kappa shape index (κ2) is 7.51. The van der Waals surface area contributed by atoms with Crippen LogP contribution in [0.5, 0.6) is 0 Å². The number of carboxylic acid groups (broad SMARTS) is 1. The summed E-state index contributed by atoms with van der Waals surface area (Å²) in [6.07, 6.45) is 5.34. The topological polar surface area (TPSA) is 96.4 Å². The van der Waals surface area contributed by atoms with E-state index >= 15 is 0 Å². The van der Waals surface area contributed by atoms with E-state index in [0.717, 1.165) is 28.7 Å². The molecule has 0 amide bonds. The van der Waals surface area contributed by atoms with E-state index in [4.69, 9.17) is 5.11 Å². The van der Waals surface area contributed by atoms with E-state index in [1.807, 2.05) is 36.4 Å². The molecule has 26 heavy (non-hydrogen) atoms. The van der Waals surface area contributed by atoms with Crippen LogP contribution in [-0.2, 0) is 10.0 Å². The van der Waals surface area contributed by atoms with Crippen LogP contribution in [0, 0.1) is 0 Å². The number of carboxylic acids is 1. The quantitative estimate of drug-likeness (QED) is 0.671. The van der Waals surface area contributed by atoms with Gasteiger partial charge in [0.2, 0.25) is 0 Å². The van der Waals surface area contributed by atoms with E-state index in [-0.39, 0.29) is 9.77 Å². The Bertz CT molecular complexity index is 1060. The van der Waals surface area contributed by atoms with Crippen LogP contribution in [0.3, 0.4) is 0 Å². The van der Waals surface area contributed by atoms with Crippen LogP contribution in [0.1, 0.15) is 21.6 Å². The van der Waals surface area contributed by atoms with Gasteiger partial charge in [-0.05, 0) is 42.0 Å². The second-order valence-corrected chi connectivity index (χ2v) is 8.10. The lowest BCUT2D eigenvalue weighted by molar-refractivity contribution is 0.0697. The highest BCUT2D eigenvalue weighted by Gasteiger charge is 2.19. The Morgan fingerprint density at radius 1 is 1.12 bits per heavy atom. The van der Waals surface area contributed by atoms with Gasteiger partial charge in [0.15, 0.2) is 0 Å². The molecule has 2 aromatic heterocycles. The number of carbonyl (C=O) groups is 1. The third kappa shape index (κ3) is 4.35. The summed E-state index contributed by atoms with van der Waals surface area (Å²) in [5.41, 5.74) is 1.92. The predicted octanol–water partition coefficient (Wildman–Crippen LogP) is 3.81. The average molecular weight is 386 g/mol. The first-order valence-electron chi connectivity index (χ1n) is 7.48. The normalized spacial score (nSPS) is 11.5. The number of anilines is 1. The smallest absolute Gasteiger partial charge is 0.336 e. The SMILES string of the molecule is O=C(O)c1csc(S(=O)(=O)Nc2cccc(C=Cc3ccccn3)c2)c1. The van der Waals surface area contributed by atoms with Gasteiger partial charge in [0, 0.05) is 17.3 Å². The molecule has 0 aliphatic carbocycles. The number of nitrogens with one attached hydrogen (secondary N) is 1. The number of nitrogens with zero attached hydrogens (tertiary/aromatic N) is 1. The molecule has 3 aromatic rings. The summed E-state index contributed by atoms with van der Waals surface area (Å²) >= 11 is 0.862. The molecule has 1 aromatic carbocycles. The average Bonchev–Trinajstić information content (AvgIpc) is 3.12. The van der Waals surface area contributed by atoms with Crippen LogP contribution in [0.4, 0.5) is 5.69 Å². The Kier molecular flexibility index (Phi) is 5.15. The fraction of sp³-hybridized carbons (Fsp3) is 0. The lowest BCUT2D eigenvalue weighted by Crippen LogP contribution is -2.11. The summed E-state index contributed by atoms with van der Waals surface area (Å²) in [6.45, 7) is 0. The molecule has 0 unspecified atom stereocenters. The molecular weight excluding hydrogens is 372 g/mol. The number of hydrogen-bond acceptors (Lipinski definition) is 5. The standard InChI is InChI=1S/C18H14N2O4S2/c21-18(22)14-11-17(25-12-14)26(23,24)20-16-6-3-4-13(10-16)7-8-15-5-1-2-9-19-15/h1-12,20H,(H,21,22). The maximum Gasteiger partial charge on any atom is 0.336 e. The minimum absolute atomic E-state index is 0.0515. The van der Waals surface area contributed by atoms with Crippen molar-refractivity contribution in [2.75, 3.05) is 4.72 Å². The Labute approximate surface area is 154 Å². The van der Waals surface area contributed by atoms with Gasteiger partial charge in [-0.3, -0.25) is 9.71 Å². The highest BCUT2D eigenvalue weighted by molar-refractivity contribution is 7.94. The fourth-order valence-corrected chi connectivity index (χ4v) is 4.34. The molecule has 0 saturated heterocycles. The van der Waals surface area contributed by atoms with Crippen molar-refractivity contribution in [3.8, 4) is 0 Å². The molecule has 132 valence electrons. The molecule has 0 radical (unpaired) electrons. The van der Waals surface area contributed by atoms with Gasteiger partial charge in [0.05, 0.1) is 11.3 Å². The van der Waals surface area contributed by atoms with Crippen LogP contribution < -0.4 is 4.72 Å². The fourth-order valence-electron chi connectivity index (χ4n) is 2.14. The van der Waals surface area contributed by atoms with Crippen molar-refractivity contribution in [2.45, 2.75) is 4.21 Å². The number of sulfonamides is 1. The summed E-state index contributed by atoms with van der Waals surface area (Å²) in [5, 5.41) is 10.2. The van der Waals surface area contributed by atoms with E-state index < -0.39 is 16.0 Å². The van der Waals surface area contributed by atoms with Crippen molar-refractivity contribution in [1.82, 2.24) is 4.98 Å². The highest BCUT2D eigenvalue weighted by Crippen LogP contribution is 2.24. The second-order valence-electron chi connectivity index (χ2n) is 5.28. The lowest BCUT2D eigenvalue weighted by Gasteiger charge is -2.07. The first kappa shape index (κ1) is 17.8. The third-order valence-corrected chi connectivity index (χ3v) is 6.18.